The molecule has 1 heterocycles. The van der Waals surface area contributed by atoms with E-state index >= 15 is 0 Å². The topological polar surface area (TPSA) is 67.0 Å². The molecule has 0 saturated carbocycles. The number of carbonyl (C=O) groups is 1. The van der Waals surface area contributed by atoms with Crippen LogP contribution < -0.4 is 5.32 Å². The largest absolute Gasteiger partial charge is 0.365 e. The molecule has 126 valence electrons. The number of amides is 1. The minimum absolute atomic E-state index is 0.0796. The molecule has 10 heteroatoms. The zero-order chi connectivity index (χ0) is 17.0. The number of fused-ring (bicyclic) bond motifs is 1. The predicted octanol–water partition coefficient (Wildman–Crippen LogP) is 2.24. The molecule has 2 rings (SSSR count). The molecule has 2 aromatic rings. The fraction of sp³-hybridized carbons (Fsp3) is 0.385. The molecule has 23 heavy (non-hydrogen) atoms. The Morgan fingerprint density at radius 1 is 1.39 bits per heavy atom. The lowest BCUT2D eigenvalue weighted by molar-refractivity contribution is -0.168. The highest BCUT2D eigenvalue weighted by Gasteiger charge is 2.41. The van der Waals surface area contributed by atoms with Gasteiger partial charge in [-0.1, -0.05) is 0 Å². The van der Waals surface area contributed by atoms with Gasteiger partial charge < -0.3 is 15.0 Å². The molecule has 0 aliphatic carbocycles. The molecule has 0 bridgehead atoms. The Hall–Kier alpha value is -2.23. The third-order valence-electron chi connectivity index (χ3n) is 2.79. The van der Waals surface area contributed by atoms with Crippen molar-refractivity contribution in [3.63, 3.8) is 0 Å². The SMILES string of the molecule is O=C(COCC(F)(F)C(F)F)NCc1nc2ccc(F)cc2[nH]1. The lowest BCUT2D eigenvalue weighted by Gasteiger charge is -2.14. The van der Waals surface area contributed by atoms with E-state index < -0.39 is 37.3 Å². The van der Waals surface area contributed by atoms with Gasteiger partial charge in [-0.25, -0.2) is 18.2 Å². The van der Waals surface area contributed by atoms with Crippen LogP contribution in [0.15, 0.2) is 18.2 Å². The molecule has 0 unspecified atom stereocenters. The van der Waals surface area contributed by atoms with E-state index in [1.54, 1.807) is 0 Å². The minimum Gasteiger partial charge on any atom is -0.365 e. The first-order valence-corrected chi connectivity index (χ1v) is 6.42. The number of alkyl halides is 4. The summed E-state index contributed by atoms with van der Waals surface area (Å²) in [5.74, 6) is -5.22. The fourth-order valence-electron chi connectivity index (χ4n) is 1.69. The van der Waals surface area contributed by atoms with Crippen LogP contribution in [0.25, 0.3) is 11.0 Å². The number of H-pyrrole nitrogens is 1. The van der Waals surface area contributed by atoms with Crippen LogP contribution in [0.1, 0.15) is 5.82 Å². The molecule has 0 aliphatic rings. The number of benzene rings is 1. The average molecular weight is 337 g/mol. The quantitative estimate of drug-likeness (QED) is 0.762. The van der Waals surface area contributed by atoms with Gasteiger partial charge in [0.05, 0.1) is 17.6 Å². The number of nitrogens with zero attached hydrogens (tertiary/aromatic N) is 1. The maximum Gasteiger partial charge on any atom is 0.330 e. The van der Waals surface area contributed by atoms with Crippen molar-refractivity contribution in [1.82, 2.24) is 15.3 Å². The first kappa shape index (κ1) is 17.1. The summed E-state index contributed by atoms with van der Waals surface area (Å²) in [6.07, 6.45) is -3.86. The Morgan fingerprint density at radius 2 is 2.13 bits per heavy atom. The average Bonchev–Trinajstić information content (AvgIpc) is 2.86. The zero-order valence-corrected chi connectivity index (χ0v) is 11.6. The van der Waals surface area contributed by atoms with E-state index in [1.165, 1.54) is 18.2 Å². The monoisotopic (exact) mass is 337 g/mol. The number of ether oxygens (including phenoxy) is 1. The van der Waals surface area contributed by atoms with E-state index in [4.69, 9.17) is 0 Å². The zero-order valence-electron chi connectivity index (χ0n) is 11.6. The van der Waals surface area contributed by atoms with Crippen molar-refractivity contribution in [1.29, 1.82) is 0 Å². The van der Waals surface area contributed by atoms with Gasteiger partial charge in [0.2, 0.25) is 5.91 Å². The highest BCUT2D eigenvalue weighted by atomic mass is 19.3. The molecule has 2 N–H and O–H groups in total. The maximum atomic E-state index is 13.0. The Morgan fingerprint density at radius 3 is 2.83 bits per heavy atom. The maximum absolute atomic E-state index is 13.0. The van der Waals surface area contributed by atoms with Gasteiger partial charge >= 0.3 is 12.3 Å². The number of hydrogen-bond donors (Lipinski definition) is 2. The Balaban J connectivity index is 1.79. The van der Waals surface area contributed by atoms with Crippen molar-refractivity contribution < 1.29 is 31.5 Å². The molecular formula is C13H12F5N3O2. The number of nitrogens with one attached hydrogen (secondary N) is 2. The van der Waals surface area contributed by atoms with Crippen LogP contribution in [-0.2, 0) is 16.1 Å². The van der Waals surface area contributed by atoms with E-state index in [2.05, 4.69) is 20.0 Å². The Bertz CT molecular complexity index is 689. The van der Waals surface area contributed by atoms with Gasteiger partial charge in [0.25, 0.3) is 0 Å². The van der Waals surface area contributed by atoms with Crippen molar-refractivity contribution in [3.05, 3.63) is 29.8 Å². The first-order valence-electron chi connectivity index (χ1n) is 6.42. The van der Waals surface area contributed by atoms with Crippen molar-refractivity contribution in [2.24, 2.45) is 0 Å². The normalized spacial score (nSPS) is 12.1. The second-order valence-electron chi connectivity index (χ2n) is 4.68. The third-order valence-corrected chi connectivity index (χ3v) is 2.79. The molecule has 0 atom stereocenters. The molecule has 1 amide bonds. The van der Waals surface area contributed by atoms with Crippen LogP contribution in [0, 0.1) is 5.82 Å². The number of carbonyl (C=O) groups excluding carboxylic acids is 1. The van der Waals surface area contributed by atoms with Gasteiger partial charge in [-0.3, -0.25) is 4.79 Å². The van der Waals surface area contributed by atoms with Crippen LogP contribution in [0.3, 0.4) is 0 Å². The highest BCUT2D eigenvalue weighted by molar-refractivity contribution is 5.77. The second-order valence-corrected chi connectivity index (χ2v) is 4.68. The fourth-order valence-corrected chi connectivity index (χ4v) is 1.69. The van der Waals surface area contributed by atoms with E-state index in [1.807, 2.05) is 0 Å². The van der Waals surface area contributed by atoms with Crippen LogP contribution in [0.5, 0.6) is 0 Å². The van der Waals surface area contributed by atoms with Gasteiger partial charge in [-0.2, -0.15) is 8.78 Å². The lowest BCUT2D eigenvalue weighted by atomic mass is 10.3. The van der Waals surface area contributed by atoms with Gasteiger partial charge in [0.1, 0.15) is 24.9 Å². The van der Waals surface area contributed by atoms with E-state index in [9.17, 15) is 26.7 Å². The van der Waals surface area contributed by atoms with Gasteiger partial charge in [0.15, 0.2) is 0 Å². The number of halogens is 5. The van der Waals surface area contributed by atoms with Crippen LogP contribution >= 0.6 is 0 Å². The summed E-state index contributed by atoms with van der Waals surface area (Å²) in [6, 6.07) is 3.90. The molecule has 0 saturated heterocycles. The van der Waals surface area contributed by atoms with Crippen LogP contribution in [0.2, 0.25) is 0 Å². The van der Waals surface area contributed by atoms with Gasteiger partial charge in [-0.05, 0) is 18.2 Å². The van der Waals surface area contributed by atoms with E-state index in [0.29, 0.717) is 16.9 Å². The van der Waals surface area contributed by atoms with Gasteiger partial charge in [-0.15, -0.1) is 0 Å². The molecule has 0 aliphatic heterocycles. The lowest BCUT2D eigenvalue weighted by Crippen LogP contribution is -2.35. The smallest absolute Gasteiger partial charge is 0.330 e. The highest BCUT2D eigenvalue weighted by Crippen LogP contribution is 2.22. The molecular weight excluding hydrogens is 325 g/mol. The van der Waals surface area contributed by atoms with Crippen LogP contribution in [0.4, 0.5) is 22.0 Å². The third kappa shape index (κ3) is 4.62. The van der Waals surface area contributed by atoms with E-state index in [-0.39, 0.29) is 6.54 Å². The summed E-state index contributed by atoms with van der Waals surface area (Å²) in [5, 5.41) is 2.31. The number of aromatic amines is 1. The summed E-state index contributed by atoms with van der Waals surface area (Å²) in [7, 11) is 0. The summed E-state index contributed by atoms with van der Waals surface area (Å²) < 4.78 is 66.1. The van der Waals surface area contributed by atoms with Gasteiger partial charge in [0, 0.05) is 0 Å². The summed E-state index contributed by atoms with van der Waals surface area (Å²) in [6.45, 7) is -2.43. The van der Waals surface area contributed by atoms with Crippen molar-refractivity contribution >= 4 is 16.9 Å². The predicted molar refractivity (Wildman–Crippen MR) is 69.7 cm³/mol. The summed E-state index contributed by atoms with van der Waals surface area (Å²) >= 11 is 0. The molecule has 0 spiro atoms. The molecule has 5 nitrogen and oxygen atoms in total. The van der Waals surface area contributed by atoms with Crippen molar-refractivity contribution in [3.8, 4) is 0 Å². The molecule has 1 aromatic carbocycles. The number of imidazole rings is 1. The minimum atomic E-state index is -4.30. The van der Waals surface area contributed by atoms with Crippen molar-refractivity contribution in [2.75, 3.05) is 13.2 Å². The second kappa shape index (κ2) is 6.90. The standard InChI is InChI=1S/C13H12F5N3O2/c14-7-1-2-8-9(3-7)21-10(20-8)4-19-11(22)5-23-6-13(17,18)12(15)16/h1-3,12H,4-6H2,(H,19,22)(H,20,21). The summed E-state index contributed by atoms with van der Waals surface area (Å²) in [5.41, 5.74) is 0.922. The molecule has 0 fully saturated rings. The van der Waals surface area contributed by atoms with Crippen LogP contribution in [-0.4, -0.2) is 41.4 Å². The molecule has 0 radical (unpaired) electrons. The summed E-state index contributed by atoms with van der Waals surface area (Å²) in [4.78, 5) is 18.2. The number of aromatic nitrogens is 2. The Labute approximate surface area is 126 Å². The number of rotatable bonds is 7. The Kier molecular flexibility index (Phi) is 5.14. The van der Waals surface area contributed by atoms with E-state index in [0.717, 1.165) is 0 Å². The number of hydrogen-bond acceptors (Lipinski definition) is 3. The molecule has 1 aromatic heterocycles. The first-order chi connectivity index (χ1) is 10.8. The van der Waals surface area contributed by atoms with Crippen molar-refractivity contribution in [2.45, 2.75) is 18.9 Å².